The molecule has 4 aliphatic rings. The topological polar surface area (TPSA) is 140 Å². The summed E-state index contributed by atoms with van der Waals surface area (Å²) >= 11 is 0. The molecular formula is C43H34N4O8. The lowest BCUT2D eigenvalue weighted by Gasteiger charge is -2.22. The van der Waals surface area contributed by atoms with E-state index in [4.69, 9.17) is 18.9 Å². The van der Waals surface area contributed by atoms with Crippen molar-refractivity contribution in [3.05, 3.63) is 130 Å². The number of methoxy groups -OCH3 is 2. The van der Waals surface area contributed by atoms with Gasteiger partial charge in [-0.15, -0.1) is 0 Å². The van der Waals surface area contributed by atoms with E-state index in [2.05, 4.69) is 9.98 Å². The van der Waals surface area contributed by atoms with E-state index >= 15 is 0 Å². The zero-order chi connectivity index (χ0) is 37.8. The fraction of sp³-hybridized carbons (Fsp3) is 0.186. The van der Waals surface area contributed by atoms with Crippen molar-refractivity contribution >= 4 is 53.0 Å². The van der Waals surface area contributed by atoms with Crippen molar-refractivity contribution in [3.63, 3.8) is 0 Å². The third kappa shape index (κ3) is 5.92. The van der Waals surface area contributed by atoms with Gasteiger partial charge in [0.05, 0.1) is 54.4 Å². The number of aliphatic imine (C=N–C) groups is 2. The van der Waals surface area contributed by atoms with Gasteiger partial charge in [0.2, 0.25) is 0 Å². The van der Waals surface area contributed by atoms with Gasteiger partial charge in [-0.2, -0.15) is 0 Å². The number of rotatable bonds is 9. The highest BCUT2D eigenvalue weighted by atomic mass is 16.5. The molecule has 0 spiro atoms. The molecule has 2 amide bonds. The maximum Gasteiger partial charge on any atom is 0.335 e. The van der Waals surface area contributed by atoms with Crippen molar-refractivity contribution in [2.75, 3.05) is 24.0 Å². The number of carboxylic acids is 1. The standard InChI is InChI=1S/C43H34N4O8/c1-52-37-16-31-33(44-20-29-14-26-7-3-5-9-35(26)46(29)41(31)48)18-39(37)54-22-24-11-25(13-28(12-24)43(50)51)23-55-40-19-34-32(17-38(40)53-2)42(49)47-30(21-45-34)15-27-8-4-6-10-36(27)47/h3-13,16-21,29-30H,14-15,22-23H2,1-2H3,(H,50,51)/t29-,30-/m0/s1. The Morgan fingerprint density at radius 3 is 1.55 bits per heavy atom. The second-order valence-corrected chi connectivity index (χ2v) is 13.7. The molecule has 0 saturated heterocycles. The van der Waals surface area contributed by atoms with E-state index in [-0.39, 0.29) is 42.7 Å². The van der Waals surface area contributed by atoms with Crippen LogP contribution in [0.25, 0.3) is 0 Å². The second kappa shape index (κ2) is 13.5. The van der Waals surface area contributed by atoms with Gasteiger partial charge in [-0.3, -0.25) is 29.4 Å². The molecule has 0 aliphatic carbocycles. The first-order valence-electron chi connectivity index (χ1n) is 17.8. The SMILES string of the molecule is COc1cc2c(cc1OCc1cc(COc3cc4c(cc3OC)C(=O)N3c5ccccc5C[C@H]3C=N4)cc(C(=O)O)c1)N=C[C@@H]1Cc3ccccc3N1C2=O. The van der Waals surface area contributed by atoms with Crippen LogP contribution in [0.1, 0.15) is 53.3 Å². The predicted molar refractivity (Wildman–Crippen MR) is 206 cm³/mol. The quantitative estimate of drug-likeness (QED) is 0.169. The van der Waals surface area contributed by atoms with Crippen LogP contribution in [0.5, 0.6) is 23.0 Å². The monoisotopic (exact) mass is 734 g/mol. The third-order valence-corrected chi connectivity index (χ3v) is 10.3. The van der Waals surface area contributed by atoms with Gasteiger partial charge in [0, 0.05) is 48.8 Å². The molecule has 9 rings (SSSR count). The summed E-state index contributed by atoms with van der Waals surface area (Å²) in [6, 6.07) is 26.7. The molecule has 274 valence electrons. The Balaban J connectivity index is 0.951. The van der Waals surface area contributed by atoms with Crippen molar-refractivity contribution < 1.29 is 38.4 Å². The highest BCUT2D eigenvalue weighted by molar-refractivity contribution is 6.15. The van der Waals surface area contributed by atoms with Gasteiger partial charge in [0.15, 0.2) is 23.0 Å². The molecule has 0 aromatic heterocycles. The van der Waals surface area contributed by atoms with E-state index in [0.29, 0.717) is 69.5 Å². The number of hydrogen-bond donors (Lipinski definition) is 1. The summed E-state index contributed by atoms with van der Waals surface area (Å²) in [6.45, 7) is -0.0221. The first kappa shape index (κ1) is 33.9. The molecule has 0 fully saturated rings. The van der Waals surface area contributed by atoms with Crippen molar-refractivity contribution in [1.82, 2.24) is 0 Å². The van der Waals surface area contributed by atoms with Gasteiger partial charge in [0.25, 0.3) is 11.8 Å². The lowest BCUT2D eigenvalue weighted by Crippen LogP contribution is -2.37. The van der Waals surface area contributed by atoms with E-state index in [1.807, 2.05) is 48.5 Å². The number of anilines is 2. The molecule has 0 bridgehead atoms. The average molecular weight is 735 g/mol. The summed E-state index contributed by atoms with van der Waals surface area (Å²) in [5.74, 6) is -0.0943. The number of benzene rings is 5. The molecule has 5 aromatic carbocycles. The van der Waals surface area contributed by atoms with Crippen molar-refractivity contribution in [1.29, 1.82) is 0 Å². The lowest BCUT2D eigenvalue weighted by molar-refractivity contribution is 0.0696. The smallest absolute Gasteiger partial charge is 0.335 e. The maximum absolute atomic E-state index is 13.8. The Bertz CT molecular complexity index is 2330. The van der Waals surface area contributed by atoms with Crippen LogP contribution in [0.3, 0.4) is 0 Å². The van der Waals surface area contributed by atoms with Crippen molar-refractivity contribution in [3.8, 4) is 23.0 Å². The number of carboxylic acid groups (broad SMARTS) is 1. The summed E-state index contributed by atoms with van der Waals surface area (Å²) in [4.78, 5) is 52.7. The number of carbonyl (C=O) groups is 3. The van der Waals surface area contributed by atoms with Crippen molar-refractivity contribution in [2.24, 2.45) is 9.98 Å². The Morgan fingerprint density at radius 2 is 1.11 bits per heavy atom. The van der Waals surface area contributed by atoms with E-state index in [1.54, 1.807) is 52.6 Å². The molecule has 1 N–H and O–H groups in total. The molecule has 4 aliphatic heterocycles. The summed E-state index contributed by atoms with van der Waals surface area (Å²) < 4.78 is 23.7. The minimum Gasteiger partial charge on any atom is -0.493 e. The molecule has 12 heteroatoms. The number of fused-ring (bicyclic) bond motifs is 8. The molecule has 12 nitrogen and oxygen atoms in total. The zero-order valence-electron chi connectivity index (χ0n) is 29.9. The first-order valence-corrected chi connectivity index (χ1v) is 17.8. The second-order valence-electron chi connectivity index (χ2n) is 13.7. The molecule has 0 saturated carbocycles. The highest BCUT2D eigenvalue weighted by Gasteiger charge is 2.38. The van der Waals surface area contributed by atoms with E-state index < -0.39 is 5.97 Å². The summed E-state index contributed by atoms with van der Waals surface area (Å²) in [5.41, 5.74) is 6.78. The van der Waals surface area contributed by atoms with Crippen LogP contribution in [0.4, 0.5) is 22.7 Å². The predicted octanol–water partition coefficient (Wildman–Crippen LogP) is 7.13. The number of aromatic carboxylic acids is 1. The number of hydrogen-bond acceptors (Lipinski definition) is 9. The molecule has 4 heterocycles. The van der Waals surface area contributed by atoms with Crippen molar-refractivity contribution in [2.45, 2.75) is 38.1 Å². The lowest BCUT2D eigenvalue weighted by atomic mass is 10.1. The van der Waals surface area contributed by atoms with Crippen LogP contribution < -0.4 is 28.7 Å². The van der Waals surface area contributed by atoms with E-state index in [1.165, 1.54) is 26.4 Å². The molecule has 55 heavy (non-hydrogen) atoms. The first-order chi connectivity index (χ1) is 26.8. The normalized spacial score (nSPS) is 17.3. The van der Waals surface area contributed by atoms with Crippen LogP contribution in [0, 0.1) is 0 Å². The summed E-state index contributed by atoms with van der Waals surface area (Å²) in [5, 5.41) is 9.97. The number of ether oxygens (including phenoxy) is 4. The van der Waals surface area contributed by atoms with Gasteiger partial charge in [-0.25, -0.2) is 4.79 Å². The van der Waals surface area contributed by atoms with E-state index in [9.17, 15) is 19.5 Å². The Labute approximate surface area is 315 Å². The van der Waals surface area contributed by atoms with Gasteiger partial charge in [-0.1, -0.05) is 36.4 Å². The zero-order valence-corrected chi connectivity index (χ0v) is 29.9. The fourth-order valence-electron chi connectivity index (χ4n) is 7.75. The molecular weight excluding hydrogens is 700 g/mol. The molecule has 0 radical (unpaired) electrons. The Hall–Kier alpha value is -6.95. The average Bonchev–Trinajstić information content (AvgIpc) is 3.70. The Morgan fingerprint density at radius 1 is 0.655 bits per heavy atom. The van der Waals surface area contributed by atoms with Crippen LogP contribution >= 0.6 is 0 Å². The maximum atomic E-state index is 13.8. The van der Waals surface area contributed by atoms with Crippen LogP contribution in [-0.4, -0.2) is 61.6 Å². The van der Waals surface area contributed by atoms with E-state index in [0.717, 1.165) is 22.5 Å². The number of amides is 2. The van der Waals surface area contributed by atoms with Gasteiger partial charge < -0.3 is 24.1 Å². The van der Waals surface area contributed by atoms with Gasteiger partial charge in [-0.05, 0) is 64.7 Å². The minimum atomic E-state index is -1.11. The minimum absolute atomic E-state index is 0.0111. The largest absolute Gasteiger partial charge is 0.493 e. The molecule has 2 atom stereocenters. The number of para-hydroxylation sites is 2. The van der Waals surface area contributed by atoms with Gasteiger partial charge >= 0.3 is 5.97 Å². The highest BCUT2D eigenvalue weighted by Crippen LogP contribution is 2.43. The van der Waals surface area contributed by atoms with Gasteiger partial charge in [0.1, 0.15) is 13.2 Å². The van der Waals surface area contributed by atoms with Crippen LogP contribution in [-0.2, 0) is 26.1 Å². The Kier molecular flexibility index (Phi) is 8.29. The number of nitrogens with zero attached hydrogens (tertiary/aromatic N) is 4. The summed E-state index contributed by atoms with van der Waals surface area (Å²) in [7, 11) is 2.99. The number of carbonyl (C=O) groups excluding carboxylic acids is 2. The van der Waals surface area contributed by atoms with Crippen LogP contribution in [0.2, 0.25) is 0 Å². The summed E-state index contributed by atoms with van der Waals surface area (Å²) in [6.07, 6.45) is 4.92. The third-order valence-electron chi connectivity index (χ3n) is 10.3. The van der Waals surface area contributed by atoms with Crippen LogP contribution in [0.15, 0.2) is 101 Å². The molecule has 0 unspecified atom stereocenters. The molecule has 5 aromatic rings. The fourth-order valence-corrected chi connectivity index (χ4v) is 7.75.